The van der Waals surface area contributed by atoms with Crippen LogP contribution in [0.3, 0.4) is 0 Å². The highest BCUT2D eigenvalue weighted by molar-refractivity contribution is 6.09. The minimum Gasteiger partial charge on any atom is -0.463 e. The molecular formula is C23H22O3. The van der Waals surface area contributed by atoms with E-state index in [1.54, 1.807) is 13.0 Å². The number of carbonyl (C=O) groups excluding carboxylic acids is 2. The molecule has 2 aromatic rings. The number of rotatable bonds is 5. The molecule has 4 rings (SSSR count). The molecular weight excluding hydrogens is 324 g/mol. The lowest BCUT2D eigenvalue weighted by atomic mass is 9.89. The maximum Gasteiger partial charge on any atom is 0.330 e. The van der Waals surface area contributed by atoms with Crippen molar-refractivity contribution in [3.63, 3.8) is 0 Å². The SMILES string of the molecule is CCOC(=O)C=Cc1ccc(C(=O)c2ccc3c(c2)[C@@H]2CC[C@@H]3C2)cc1. The van der Waals surface area contributed by atoms with Crippen molar-refractivity contribution in [2.24, 2.45) is 0 Å². The molecule has 2 bridgehead atoms. The molecule has 3 nitrogen and oxygen atoms in total. The molecule has 132 valence electrons. The van der Waals surface area contributed by atoms with Gasteiger partial charge < -0.3 is 4.74 Å². The fourth-order valence-corrected chi connectivity index (χ4v) is 4.25. The molecule has 0 radical (unpaired) electrons. The van der Waals surface area contributed by atoms with Gasteiger partial charge in [-0.25, -0.2) is 4.79 Å². The van der Waals surface area contributed by atoms with E-state index in [2.05, 4.69) is 12.1 Å². The molecule has 0 N–H and O–H groups in total. The Morgan fingerprint density at radius 3 is 2.42 bits per heavy atom. The molecule has 0 aliphatic heterocycles. The number of fused-ring (bicyclic) bond motifs is 5. The monoisotopic (exact) mass is 346 g/mol. The van der Waals surface area contributed by atoms with Crippen molar-refractivity contribution in [3.05, 3.63) is 76.4 Å². The van der Waals surface area contributed by atoms with Crippen LogP contribution in [0.4, 0.5) is 0 Å². The third-order valence-corrected chi connectivity index (χ3v) is 5.53. The van der Waals surface area contributed by atoms with Gasteiger partial charge in [0.2, 0.25) is 0 Å². The Morgan fingerprint density at radius 1 is 1.00 bits per heavy atom. The van der Waals surface area contributed by atoms with Crippen molar-refractivity contribution in [2.45, 2.75) is 38.0 Å². The van der Waals surface area contributed by atoms with E-state index in [4.69, 9.17) is 4.74 Å². The molecule has 0 unspecified atom stereocenters. The van der Waals surface area contributed by atoms with Crippen LogP contribution in [0.5, 0.6) is 0 Å². The third-order valence-electron chi connectivity index (χ3n) is 5.53. The van der Waals surface area contributed by atoms with Crippen LogP contribution in [0.1, 0.15) is 70.6 Å². The molecule has 0 amide bonds. The van der Waals surface area contributed by atoms with Crippen LogP contribution in [-0.2, 0) is 9.53 Å². The molecule has 1 saturated carbocycles. The molecule has 0 aromatic heterocycles. The van der Waals surface area contributed by atoms with Gasteiger partial charge in [0.1, 0.15) is 0 Å². The number of ketones is 1. The second-order valence-corrected chi connectivity index (χ2v) is 7.09. The van der Waals surface area contributed by atoms with Gasteiger partial charge in [0.25, 0.3) is 0 Å². The molecule has 3 heteroatoms. The Hall–Kier alpha value is -2.68. The Morgan fingerprint density at radius 2 is 1.69 bits per heavy atom. The van der Waals surface area contributed by atoms with Crippen molar-refractivity contribution >= 4 is 17.8 Å². The zero-order valence-electron chi connectivity index (χ0n) is 14.9. The number of esters is 1. The highest BCUT2D eigenvalue weighted by atomic mass is 16.5. The number of hydrogen-bond donors (Lipinski definition) is 0. The quantitative estimate of drug-likeness (QED) is 0.441. The van der Waals surface area contributed by atoms with Gasteiger partial charge in [-0.1, -0.05) is 36.4 Å². The van der Waals surface area contributed by atoms with E-state index in [0.29, 0.717) is 24.0 Å². The summed E-state index contributed by atoms with van der Waals surface area (Å²) in [6.45, 7) is 2.13. The molecule has 2 atom stereocenters. The Kier molecular flexibility index (Phi) is 4.46. The summed E-state index contributed by atoms with van der Waals surface area (Å²) in [6, 6.07) is 13.5. The second kappa shape index (κ2) is 6.91. The van der Waals surface area contributed by atoms with Gasteiger partial charge in [0.05, 0.1) is 6.61 Å². The Labute approximate surface area is 153 Å². The van der Waals surface area contributed by atoms with Crippen LogP contribution in [0.25, 0.3) is 6.08 Å². The van der Waals surface area contributed by atoms with Crippen molar-refractivity contribution in [1.82, 2.24) is 0 Å². The van der Waals surface area contributed by atoms with Crippen LogP contribution < -0.4 is 0 Å². The van der Waals surface area contributed by atoms with E-state index >= 15 is 0 Å². The average Bonchev–Trinajstić information content (AvgIpc) is 3.29. The van der Waals surface area contributed by atoms with Crippen LogP contribution in [0.2, 0.25) is 0 Å². The molecule has 0 spiro atoms. The number of benzene rings is 2. The molecule has 2 aromatic carbocycles. The summed E-state index contributed by atoms with van der Waals surface area (Å²) in [4.78, 5) is 24.2. The smallest absolute Gasteiger partial charge is 0.330 e. The second-order valence-electron chi connectivity index (χ2n) is 7.09. The fourth-order valence-electron chi connectivity index (χ4n) is 4.25. The first-order valence-electron chi connectivity index (χ1n) is 9.29. The minimum absolute atomic E-state index is 0.0523. The van der Waals surface area contributed by atoms with E-state index in [1.165, 1.54) is 36.5 Å². The van der Waals surface area contributed by atoms with Gasteiger partial charge in [0.15, 0.2) is 5.78 Å². The van der Waals surface area contributed by atoms with Crippen molar-refractivity contribution in [3.8, 4) is 0 Å². The minimum atomic E-state index is -0.361. The largest absolute Gasteiger partial charge is 0.463 e. The first-order chi connectivity index (χ1) is 12.7. The predicted molar refractivity (Wildman–Crippen MR) is 101 cm³/mol. The summed E-state index contributed by atoms with van der Waals surface area (Å²) in [5, 5.41) is 0. The molecule has 2 aliphatic rings. The van der Waals surface area contributed by atoms with Crippen molar-refractivity contribution in [1.29, 1.82) is 0 Å². The molecule has 0 heterocycles. The van der Waals surface area contributed by atoms with Gasteiger partial charge in [-0.15, -0.1) is 0 Å². The molecule has 2 aliphatic carbocycles. The van der Waals surface area contributed by atoms with Crippen molar-refractivity contribution < 1.29 is 14.3 Å². The summed E-state index contributed by atoms with van der Waals surface area (Å²) in [5.41, 5.74) is 5.15. The standard InChI is InChI=1S/C23H22O3/c1-2-26-22(24)12-5-15-3-6-16(7-4-15)23(25)19-10-11-20-17-8-9-18(13-17)21(20)14-19/h3-7,10-12,14,17-18H,2,8-9,13H2,1H3/t17-,18-/m1/s1. The number of ether oxygens (including phenoxy) is 1. The predicted octanol–water partition coefficient (Wildman–Crippen LogP) is 4.86. The highest BCUT2D eigenvalue weighted by Gasteiger charge is 2.36. The zero-order chi connectivity index (χ0) is 18.1. The van der Waals surface area contributed by atoms with Crippen LogP contribution in [0.15, 0.2) is 48.5 Å². The number of carbonyl (C=O) groups is 2. The molecule has 26 heavy (non-hydrogen) atoms. The topological polar surface area (TPSA) is 43.4 Å². The van der Waals surface area contributed by atoms with Crippen LogP contribution in [0, 0.1) is 0 Å². The van der Waals surface area contributed by atoms with Crippen LogP contribution >= 0.6 is 0 Å². The normalized spacial score (nSPS) is 20.3. The lowest BCUT2D eigenvalue weighted by molar-refractivity contribution is -0.137. The average molecular weight is 346 g/mol. The van der Waals surface area contributed by atoms with E-state index < -0.39 is 0 Å². The maximum atomic E-state index is 12.8. The molecule has 1 fully saturated rings. The van der Waals surface area contributed by atoms with E-state index in [-0.39, 0.29) is 11.8 Å². The summed E-state index contributed by atoms with van der Waals surface area (Å²) < 4.78 is 4.86. The summed E-state index contributed by atoms with van der Waals surface area (Å²) in [6.07, 6.45) is 6.91. The van der Waals surface area contributed by atoms with E-state index in [9.17, 15) is 9.59 Å². The first-order valence-corrected chi connectivity index (χ1v) is 9.29. The van der Waals surface area contributed by atoms with E-state index in [0.717, 1.165) is 11.1 Å². The highest BCUT2D eigenvalue weighted by Crippen LogP contribution is 2.53. The van der Waals surface area contributed by atoms with Gasteiger partial charge in [-0.2, -0.15) is 0 Å². The van der Waals surface area contributed by atoms with Gasteiger partial charge >= 0.3 is 5.97 Å². The lowest BCUT2D eigenvalue weighted by Crippen LogP contribution is -2.05. The van der Waals surface area contributed by atoms with E-state index in [1.807, 2.05) is 30.3 Å². The Bertz CT molecular complexity index is 877. The van der Waals surface area contributed by atoms with Gasteiger partial charge in [0, 0.05) is 17.2 Å². The Balaban J connectivity index is 1.50. The van der Waals surface area contributed by atoms with Crippen molar-refractivity contribution in [2.75, 3.05) is 6.61 Å². The van der Waals surface area contributed by atoms with Gasteiger partial charge in [-0.3, -0.25) is 4.79 Å². The molecule has 0 saturated heterocycles. The van der Waals surface area contributed by atoms with Crippen LogP contribution in [-0.4, -0.2) is 18.4 Å². The van der Waals surface area contributed by atoms with Gasteiger partial charge in [-0.05, 0) is 66.9 Å². The maximum absolute atomic E-state index is 12.8. The summed E-state index contributed by atoms with van der Waals surface area (Å²) in [7, 11) is 0. The zero-order valence-corrected chi connectivity index (χ0v) is 14.9. The third kappa shape index (κ3) is 3.10. The number of hydrogen-bond acceptors (Lipinski definition) is 3. The lowest BCUT2D eigenvalue weighted by Gasteiger charge is -2.15. The fraction of sp³-hybridized carbons (Fsp3) is 0.304. The summed E-state index contributed by atoms with van der Waals surface area (Å²) >= 11 is 0. The summed E-state index contributed by atoms with van der Waals surface area (Å²) in [5.74, 6) is 1.05. The first kappa shape index (κ1) is 16.8.